The van der Waals surface area contributed by atoms with E-state index in [0.29, 0.717) is 5.54 Å². The van der Waals surface area contributed by atoms with Crippen LogP contribution in [0.3, 0.4) is 0 Å². The van der Waals surface area contributed by atoms with E-state index in [-0.39, 0.29) is 0 Å². The second-order valence-electron chi connectivity index (χ2n) is 5.09. The molecule has 0 aliphatic carbocycles. The summed E-state index contributed by atoms with van der Waals surface area (Å²) in [5.74, 6) is 0. The fourth-order valence-corrected chi connectivity index (χ4v) is 5.84. The van der Waals surface area contributed by atoms with Crippen LogP contribution in [0.1, 0.15) is 13.8 Å². The molecule has 17 heavy (non-hydrogen) atoms. The maximum atomic E-state index is 2.47. The molecule has 0 amide bonds. The predicted molar refractivity (Wildman–Crippen MR) is 78.9 cm³/mol. The van der Waals surface area contributed by atoms with Gasteiger partial charge in [0.25, 0.3) is 0 Å². The maximum Gasteiger partial charge on any atom is 0.117 e. The van der Waals surface area contributed by atoms with Gasteiger partial charge in [-0.15, -0.1) is 0 Å². The van der Waals surface area contributed by atoms with Gasteiger partial charge in [-0.25, -0.2) is 0 Å². The van der Waals surface area contributed by atoms with Gasteiger partial charge in [-0.3, -0.25) is 0 Å². The van der Waals surface area contributed by atoms with Crippen molar-refractivity contribution in [2.24, 2.45) is 0 Å². The summed E-state index contributed by atoms with van der Waals surface area (Å²) in [6.07, 6.45) is 0. The molecular formula is C16H20Si. The Hall–Kier alpha value is -1.34. The molecule has 88 valence electrons. The zero-order valence-corrected chi connectivity index (χ0v) is 11.9. The fourth-order valence-electron chi connectivity index (χ4n) is 2.40. The molecule has 0 N–H and O–H groups in total. The van der Waals surface area contributed by atoms with Crippen molar-refractivity contribution in [2.75, 3.05) is 0 Å². The van der Waals surface area contributed by atoms with Crippen molar-refractivity contribution in [3.05, 3.63) is 60.7 Å². The molecule has 0 unspecified atom stereocenters. The standard InChI is InChI=1S/C16H20Si/c1-14(2)17(3,15-10-6-4-7-11-15)16-12-8-5-9-13-16/h4-14H,1-3H3. The van der Waals surface area contributed by atoms with E-state index in [2.05, 4.69) is 81.1 Å². The third-order valence-electron chi connectivity index (χ3n) is 3.90. The molecule has 0 saturated heterocycles. The minimum atomic E-state index is -1.58. The number of hydrogen-bond acceptors (Lipinski definition) is 0. The topological polar surface area (TPSA) is 0 Å². The lowest BCUT2D eigenvalue weighted by atomic mass is 10.4. The van der Waals surface area contributed by atoms with Crippen molar-refractivity contribution in [1.29, 1.82) is 0 Å². The largest absolute Gasteiger partial charge is 0.117 e. The smallest absolute Gasteiger partial charge is 0.0646 e. The van der Waals surface area contributed by atoms with Gasteiger partial charge in [0.1, 0.15) is 8.07 Å². The van der Waals surface area contributed by atoms with Gasteiger partial charge < -0.3 is 0 Å². The third-order valence-corrected chi connectivity index (χ3v) is 9.28. The molecule has 2 aromatic rings. The molecule has 0 spiro atoms. The van der Waals surface area contributed by atoms with Crippen LogP contribution < -0.4 is 10.4 Å². The summed E-state index contributed by atoms with van der Waals surface area (Å²) < 4.78 is 0. The second kappa shape index (κ2) is 4.88. The maximum absolute atomic E-state index is 2.47. The van der Waals surface area contributed by atoms with E-state index < -0.39 is 8.07 Å². The van der Waals surface area contributed by atoms with E-state index >= 15 is 0 Å². The van der Waals surface area contributed by atoms with E-state index in [9.17, 15) is 0 Å². The Balaban J connectivity index is 2.55. The van der Waals surface area contributed by atoms with Crippen molar-refractivity contribution in [3.63, 3.8) is 0 Å². The molecule has 0 aromatic heterocycles. The Morgan fingerprint density at radius 2 is 1.06 bits per heavy atom. The lowest BCUT2D eigenvalue weighted by molar-refractivity contribution is 1.03. The zero-order valence-electron chi connectivity index (χ0n) is 10.9. The van der Waals surface area contributed by atoms with E-state index in [4.69, 9.17) is 0 Å². The Kier molecular flexibility index (Phi) is 3.48. The lowest BCUT2D eigenvalue weighted by Crippen LogP contribution is -2.57. The third kappa shape index (κ3) is 2.20. The van der Waals surface area contributed by atoms with Crippen LogP contribution in [0.2, 0.25) is 12.1 Å². The predicted octanol–water partition coefficient (Wildman–Crippen LogP) is 3.29. The minimum Gasteiger partial charge on any atom is -0.0646 e. The molecule has 0 radical (unpaired) electrons. The lowest BCUT2D eigenvalue weighted by Gasteiger charge is -2.32. The summed E-state index contributed by atoms with van der Waals surface area (Å²) >= 11 is 0. The van der Waals surface area contributed by atoms with Gasteiger partial charge in [0.05, 0.1) is 0 Å². The van der Waals surface area contributed by atoms with Crippen LogP contribution in [-0.4, -0.2) is 8.07 Å². The van der Waals surface area contributed by atoms with Gasteiger partial charge in [-0.05, 0) is 5.54 Å². The SMILES string of the molecule is CC(C)[Si](C)(c1ccccc1)c1ccccc1. The average Bonchev–Trinajstić information content (AvgIpc) is 2.39. The molecule has 0 aliphatic heterocycles. The first-order valence-electron chi connectivity index (χ1n) is 6.26. The fraction of sp³-hybridized carbons (Fsp3) is 0.250. The first-order valence-corrected chi connectivity index (χ1v) is 8.84. The van der Waals surface area contributed by atoms with Crippen LogP contribution >= 0.6 is 0 Å². The Bertz CT molecular complexity index is 420. The summed E-state index contributed by atoms with van der Waals surface area (Å²) in [5.41, 5.74) is 0.701. The van der Waals surface area contributed by atoms with Gasteiger partial charge in [-0.2, -0.15) is 0 Å². The molecule has 0 atom stereocenters. The Morgan fingerprint density at radius 1 is 0.706 bits per heavy atom. The van der Waals surface area contributed by atoms with E-state index in [1.54, 1.807) is 0 Å². The first kappa shape index (κ1) is 12.1. The van der Waals surface area contributed by atoms with Gasteiger partial charge in [0.2, 0.25) is 0 Å². The van der Waals surface area contributed by atoms with Gasteiger partial charge in [-0.1, -0.05) is 91.4 Å². The highest BCUT2D eigenvalue weighted by molar-refractivity contribution is 7.02. The van der Waals surface area contributed by atoms with Crippen LogP contribution in [0, 0.1) is 0 Å². The summed E-state index contributed by atoms with van der Waals surface area (Å²) in [5, 5.41) is 3.06. The summed E-state index contributed by atoms with van der Waals surface area (Å²) in [7, 11) is -1.58. The van der Waals surface area contributed by atoms with Crippen LogP contribution in [0.5, 0.6) is 0 Å². The van der Waals surface area contributed by atoms with Gasteiger partial charge >= 0.3 is 0 Å². The first-order chi connectivity index (χ1) is 8.15. The molecule has 2 rings (SSSR count). The normalized spacial score (nSPS) is 11.8. The Morgan fingerprint density at radius 3 is 1.35 bits per heavy atom. The molecule has 0 heterocycles. The highest BCUT2D eigenvalue weighted by Crippen LogP contribution is 2.20. The monoisotopic (exact) mass is 240 g/mol. The molecule has 0 saturated carbocycles. The highest BCUT2D eigenvalue weighted by atomic mass is 28.3. The van der Waals surface area contributed by atoms with E-state index in [1.165, 1.54) is 10.4 Å². The second-order valence-corrected chi connectivity index (χ2v) is 9.80. The van der Waals surface area contributed by atoms with Crippen molar-refractivity contribution >= 4 is 18.4 Å². The molecule has 0 aliphatic rings. The highest BCUT2D eigenvalue weighted by Gasteiger charge is 2.34. The van der Waals surface area contributed by atoms with Crippen LogP contribution in [0.4, 0.5) is 0 Å². The van der Waals surface area contributed by atoms with Crippen molar-refractivity contribution in [3.8, 4) is 0 Å². The van der Waals surface area contributed by atoms with Crippen molar-refractivity contribution in [2.45, 2.75) is 25.9 Å². The average molecular weight is 240 g/mol. The minimum absolute atomic E-state index is 0.701. The summed E-state index contributed by atoms with van der Waals surface area (Å²) in [6.45, 7) is 7.18. The van der Waals surface area contributed by atoms with E-state index in [1.807, 2.05) is 0 Å². The molecule has 1 heteroatoms. The molecule has 2 aromatic carbocycles. The van der Waals surface area contributed by atoms with Crippen molar-refractivity contribution in [1.82, 2.24) is 0 Å². The van der Waals surface area contributed by atoms with Gasteiger partial charge in [0.15, 0.2) is 0 Å². The van der Waals surface area contributed by atoms with Crippen LogP contribution in [0.25, 0.3) is 0 Å². The molecule has 0 fully saturated rings. The van der Waals surface area contributed by atoms with Crippen LogP contribution in [-0.2, 0) is 0 Å². The molecule has 0 nitrogen and oxygen atoms in total. The Labute approximate surface area is 105 Å². The summed E-state index contributed by atoms with van der Waals surface area (Å²) in [4.78, 5) is 0. The quantitative estimate of drug-likeness (QED) is 0.722. The zero-order chi connectivity index (χ0) is 12.3. The van der Waals surface area contributed by atoms with Gasteiger partial charge in [0, 0.05) is 0 Å². The van der Waals surface area contributed by atoms with Crippen molar-refractivity contribution < 1.29 is 0 Å². The number of benzene rings is 2. The van der Waals surface area contributed by atoms with Crippen LogP contribution in [0.15, 0.2) is 60.7 Å². The number of hydrogen-bond donors (Lipinski definition) is 0. The van der Waals surface area contributed by atoms with E-state index in [0.717, 1.165) is 0 Å². The molecular weight excluding hydrogens is 220 g/mol. The molecule has 0 bridgehead atoms. The number of rotatable bonds is 3. The summed E-state index contributed by atoms with van der Waals surface area (Å²) in [6, 6.07) is 22.0.